The number of para-hydroxylation sites is 1. The molecule has 0 radical (unpaired) electrons. The van der Waals surface area contributed by atoms with Crippen LogP contribution >= 0.6 is 0 Å². The molecule has 2 heterocycles. The zero-order valence-electron chi connectivity index (χ0n) is 12.1. The standard InChI is InChI=1S/C16H21N3O2/c20-10-9-18-5-7-19(8-6-18)12-16(21)14-11-17-15-4-2-1-3-13(14)15/h1-4,11,17,20H,5-10,12H2. The van der Waals surface area contributed by atoms with Gasteiger partial charge in [0, 0.05) is 55.4 Å². The number of carbonyl (C=O) groups is 1. The van der Waals surface area contributed by atoms with Gasteiger partial charge in [0.2, 0.25) is 0 Å². The van der Waals surface area contributed by atoms with E-state index in [1.54, 1.807) is 0 Å². The molecule has 0 unspecified atom stereocenters. The minimum atomic E-state index is 0.169. The highest BCUT2D eigenvalue weighted by atomic mass is 16.3. The van der Waals surface area contributed by atoms with E-state index >= 15 is 0 Å². The molecule has 1 aromatic carbocycles. The number of nitrogens with zero attached hydrogens (tertiary/aromatic N) is 2. The number of aromatic amines is 1. The van der Waals surface area contributed by atoms with Gasteiger partial charge in [-0.25, -0.2) is 0 Å². The number of aliphatic hydroxyl groups is 1. The van der Waals surface area contributed by atoms with E-state index in [1.807, 2.05) is 30.5 Å². The van der Waals surface area contributed by atoms with Crippen LogP contribution in [0.2, 0.25) is 0 Å². The Hall–Kier alpha value is -1.69. The molecule has 1 aromatic heterocycles. The molecule has 0 amide bonds. The van der Waals surface area contributed by atoms with Gasteiger partial charge in [0.25, 0.3) is 0 Å². The molecule has 1 aliphatic rings. The van der Waals surface area contributed by atoms with Gasteiger partial charge in [-0.05, 0) is 6.07 Å². The van der Waals surface area contributed by atoms with Crippen molar-refractivity contribution in [1.29, 1.82) is 0 Å². The lowest BCUT2D eigenvalue weighted by molar-refractivity contribution is 0.0824. The molecule has 112 valence electrons. The number of ketones is 1. The number of hydrogen-bond acceptors (Lipinski definition) is 4. The highest BCUT2D eigenvalue weighted by Gasteiger charge is 2.20. The highest BCUT2D eigenvalue weighted by Crippen LogP contribution is 2.18. The van der Waals surface area contributed by atoms with Gasteiger partial charge in [-0.1, -0.05) is 18.2 Å². The van der Waals surface area contributed by atoms with Crippen molar-refractivity contribution >= 4 is 16.7 Å². The molecule has 0 saturated carbocycles. The summed E-state index contributed by atoms with van der Waals surface area (Å²) in [5, 5.41) is 9.94. The molecule has 0 atom stereocenters. The van der Waals surface area contributed by atoms with Crippen molar-refractivity contribution in [3.05, 3.63) is 36.0 Å². The third kappa shape index (κ3) is 3.15. The maximum Gasteiger partial charge on any atom is 0.178 e. The van der Waals surface area contributed by atoms with Crippen LogP contribution in [0.15, 0.2) is 30.5 Å². The number of piperazine rings is 1. The lowest BCUT2D eigenvalue weighted by Crippen LogP contribution is -2.48. The van der Waals surface area contributed by atoms with Crippen LogP contribution in [0.3, 0.4) is 0 Å². The fraction of sp³-hybridized carbons (Fsp3) is 0.438. The van der Waals surface area contributed by atoms with Crippen molar-refractivity contribution < 1.29 is 9.90 Å². The molecule has 5 heteroatoms. The molecule has 5 nitrogen and oxygen atoms in total. The van der Waals surface area contributed by atoms with Crippen molar-refractivity contribution in [3.8, 4) is 0 Å². The number of benzene rings is 1. The number of carbonyl (C=O) groups excluding carboxylic acids is 1. The molecular weight excluding hydrogens is 266 g/mol. The predicted molar refractivity (Wildman–Crippen MR) is 82.6 cm³/mol. The summed E-state index contributed by atoms with van der Waals surface area (Å²) in [6, 6.07) is 7.89. The Balaban J connectivity index is 1.62. The summed E-state index contributed by atoms with van der Waals surface area (Å²) in [5.41, 5.74) is 1.79. The molecule has 1 aliphatic heterocycles. The zero-order valence-corrected chi connectivity index (χ0v) is 12.1. The highest BCUT2D eigenvalue weighted by molar-refractivity contribution is 6.08. The van der Waals surface area contributed by atoms with E-state index in [1.165, 1.54) is 0 Å². The van der Waals surface area contributed by atoms with Crippen LogP contribution in [0.1, 0.15) is 10.4 Å². The molecular formula is C16H21N3O2. The fourth-order valence-electron chi connectivity index (χ4n) is 2.90. The van der Waals surface area contributed by atoms with Crippen molar-refractivity contribution in [2.75, 3.05) is 45.9 Å². The van der Waals surface area contributed by atoms with Crippen LogP contribution in [0.4, 0.5) is 0 Å². The Kier molecular flexibility index (Phi) is 4.34. The molecule has 1 saturated heterocycles. The number of aliphatic hydroxyl groups excluding tert-OH is 1. The number of nitrogens with one attached hydrogen (secondary N) is 1. The maximum atomic E-state index is 12.5. The monoisotopic (exact) mass is 287 g/mol. The number of fused-ring (bicyclic) bond motifs is 1. The van der Waals surface area contributed by atoms with E-state index in [2.05, 4.69) is 14.8 Å². The van der Waals surface area contributed by atoms with E-state index < -0.39 is 0 Å². The van der Waals surface area contributed by atoms with E-state index in [-0.39, 0.29) is 12.4 Å². The molecule has 21 heavy (non-hydrogen) atoms. The van der Waals surface area contributed by atoms with Gasteiger partial charge < -0.3 is 10.1 Å². The molecule has 1 fully saturated rings. The van der Waals surface area contributed by atoms with E-state index in [4.69, 9.17) is 5.11 Å². The van der Waals surface area contributed by atoms with Gasteiger partial charge in [-0.3, -0.25) is 14.6 Å². The predicted octanol–water partition coefficient (Wildman–Crippen LogP) is 0.961. The second-order valence-corrected chi connectivity index (χ2v) is 5.51. The van der Waals surface area contributed by atoms with Gasteiger partial charge in [0.1, 0.15) is 0 Å². The average Bonchev–Trinajstić information content (AvgIpc) is 2.93. The molecule has 0 aliphatic carbocycles. The van der Waals surface area contributed by atoms with Crippen molar-refractivity contribution in [2.24, 2.45) is 0 Å². The van der Waals surface area contributed by atoms with Gasteiger partial charge in [0.05, 0.1) is 13.2 Å². The third-order valence-corrected chi connectivity index (χ3v) is 4.14. The number of rotatable bonds is 5. The van der Waals surface area contributed by atoms with Crippen molar-refractivity contribution in [3.63, 3.8) is 0 Å². The van der Waals surface area contributed by atoms with E-state index in [0.717, 1.165) is 49.2 Å². The first kappa shape index (κ1) is 14.3. The summed E-state index contributed by atoms with van der Waals surface area (Å²) in [4.78, 5) is 20.1. The smallest absolute Gasteiger partial charge is 0.178 e. The Labute approximate surface area is 124 Å². The number of β-amino-alcohol motifs (C(OH)–C–C–N with tert-alkyl or cyclic N) is 1. The average molecular weight is 287 g/mol. The van der Waals surface area contributed by atoms with Crippen LogP contribution < -0.4 is 0 Å². The maximum absolute atomic E-state index is 12.5. The van der Waals surface area contributed by atoms with Crippen LogP contribution in [0, 0.1) is 0 Å². The number of Topliss-reactive ketones (excluding diaryl/α,β-unsaturated/α-hetero) is 1. The number of H-pyrrole nitrogens is 1. The summed E-state index contributed by atoms with van der Waals surface area (Å²) in [5.74, 6) is 0.169. The Morgan fingerprint density at radius 3 is 2.62 bits per heavy atom. The summed E-state index contributed by atoms with van der Waals surface area (Å²) >= 11 is 0. The normalized spacial score (nSPS) is 17.4. The first-order valence-electron chi connectivity index (χ1n) is 7.43. The molecule has 0 spiro atoms. The van der Waals surface area contributed by atoms with Gasteiger partial charge in [-0.15, -0.1) is 0 Å². The summed E-state index contributed by atoms with van der Waals surface area (Å²) < 4.78 is 0. The quantitative estimate of drug-likeness (QED) is 0.804. The molecule has 2 aromatic rings. The lowest BCUT2D eigenvalue weighted by atomic mass is 10.1. The Bertz CT molecular complexity index is 615. The third-order valence-electron chi connectivity index (χ3n) is 4.14. The second kappa shape index (κ2) is 6.39. The minimum Gasteiger partial charge on any atom is -0.395 e. The Morgan fingerprint density at radius 2 is 1.86 bits per heavy atom. The van der Waals surface area contributed by atoms with E-state index in [9.17, 15) is 4.79 Å². The zero-order chi connectivity index (χ0) is 14.7. The molecule has 2 N–H and O–H groups in total. The van der Waals surface area contributed by atoms with E-state index in [0.29, 0.717) is 6.54 Å². The topological polar surface area (TPSA) is 59.6 Å². The SMILES string of the molecule is O=C(CN1CCN(CCO)CC1)c1c[nH]c2ccccc12. The fourth-order valence-corrected chi connectivity index (χ4v) is 2.90. The first-order valence-corrected chi connectivity index (χ1v) is 7.43. The number of hydrogen-bond donors (Lipinski definition) is 2. The van der Waals surface area contributed by atoms with Crippen LogP contribution in [0.25, 0.3) is 10.9 Å². The van der Waals surface area contributed by atoms with Crippen molar-refractivity contribution in [2.45, 2.75) is 0 Å². The van der Waals surface area contributed by atoms with Crippen LogP contribution in [-0.2, 0) is 0 Å². The Morgan fingerprint density at radius 1 is 1.14 bits per heavy atom. The summed E-state index contributed by atoms with van der Waals surface area (Å²) in [7, 11) is 0. The molecule has 3 rings (SSSR count). The van der Waals surface area contributed by atoms with Crippen LogP contribution in [-0.4, -0.2) is 71.5 Å². The van der Waals surface area contributed by atoms with Crippen molar-refractivity contribution in [1.82, 2.24) is 14.8 Å². The van der Waals surface area contributed by atoms with Gasteiger partial charge >= 0.3 is 0 Å². The van der Waals surface area contributed by atoms with Gasteiger partial charge in [0.15, 0.2) is 5.78 Å². The summed E-state index contributed by atoms with van der Waals surface area (Å²) in [6.45, 7) is 5.00. The number of aromatic nitrogens is 1. The molecule has 0 bridgehead atoms. The first-order chi connectivity index (χ1) is 10.3. The largest absolute Gasteiger partial charge is 0.395 e. The van der Waals surface area contributed by atoms with Crippen LogP contribution in [0.5, 0.6) is 0 Å². The minimum absolute atomic E-state index is 0.169. The van der Waals surface area contributed by atoms with Gasteiger partial charge in [-0.2, -0.15) is 0 Å². The second-order valence-electron chi connectivity index (χ2n) is 5.51. The summed E-state index contributed by atoms with van der Waals surface area (Å²) in [6.07, 6.45) is 1.81. The lowest BCUT2D eigenvalue weighted by Gasteiger charge is -2.33.